The Kier molecular flexibility index (Phi) is 2.71. The summed E-state index contributed by atoms with van der Waals surface area (Å²) in [6, 6.07) is 3.92. The minimum atomic E-state index is 0.0740. The van der Waals surface area contributed by atoms with E-state index in [0.29, 0.717) is 5.88 Å². The van der Waals surface area contributed by atoms with Gasteiger partial charge in [0.15, 0.2) is 0 Å². The molecule has 17 heavy (non-hydrogen) atoms. The molecule has 1 aliphatic rings. The zero-order chi connectivity index (χ0) is 11.9. The maximum atomic E-state index is 5.98. The maximum absolute atomic E-state index is 5.98. The summed E-state index contributed by atoms with van der Waals surface area (Å²) in [4.78, 5) is 8.73. The van der Waals surface area contributed by atoms with Gasteiger partial charge in [0.2, 0.25) is 0 Å². The van der Waals surface area contributed by atoms with Crippen molar-refractivity contribution in [3.05, 3.63) is 29.0 Å². The molecule has 0 spiro atoms. The van der Waals surface area contributed by atoms with E-state index in [9.17, 15) is 0 Å². The van der Waals surface area contributed by atoms with Gasteiger partial charge in [0.05, 0.1) is 16.7 Å². The van der Waals surface area contributed by atoms with E-state index in [1.807, 2.05) is 12.1 Å². The van der Waals surface area contributed by atoms with Crippen LogP contribution in [0.4, 0.5) is 5.69 Å². The largest absolute Gasteiger partial charge is 0.377 e. The third kappa shape index (κ3) is 2.11. The monoisotopic (exact) mass is 311 g/mol. The lowest BCUT2D eigenvalue weighted by Gasteiger charge is -2.16. The SMILES string of the molecule is ClCC1(Nc2ccnc3cc(Br)cnc23)CC1. The zero-order valence-electron chi connectivity index (χ0n) is 9.08. The van der Waals surface area contributed by atoms with Crippen LogP contribution in [0.1, 0.15) is 12.8 Å². The third-order valence-electron chi connectivity index (χ3n) is 3.05. The molecule has 2 aromatic rings. The minimum absolute atomic E-state index is 0.0740. The normalized spacial score (nSPS) is 17.1. The van der Waals surface area contributed by atoms with Gasteiger partial charge in [-0.05, 0) is 40.9 Å². The third-order valence-corrected chi connectivity index (χ3v) is 4.00. The van der Waals surface area contributed by atoms with Crippen LogP contribution in [0, 0.1) is 0 Å². The first-order valence-electron chi connectivity index (χ1n) is 5.47. The highest BCUT2D eigenvalue weighted by Crippen LogP contribution is 2.40. The molecule has 3 rings (SSSR count). The predicted molar refractivity (Wildman–Crippen MR) is 73.5 cm³/mol. The number of halogens is 2. The van der Waals surface area contributed by atoms with Crippen LogP contribution in [-0.2, 0) is 0 Å². The molecule has 0 aromatic carbocycles. The molecule has 0 saturated heterocycles. The highest BCUT2D eigenvalue weighted by molar-refractivity contribution is 9.10. The van der Waals surface area contributed by atoms with E-state index >= 15 is 0 Å². The highest BCUT2D eigenvalue weighted by Gasteiger charge is 2.42. The van der Waals surface area contributed by atoms with Crippen LogP contribution in [-0.4, -0.2) is 21.4 Å². The Morgan fingerprint density at radius 1 is 1.41 bits per heavy atom. The van der Waals surface area contributed by atoms with Crippen LogP contribution in [0.25, 0.3) is 11.0 Å². The summed E-state index contributed by atoms with van der Waals surface area (Å²) in [6.45, 7) is 0. The van der Waals surface area contributed by atoms with Crippen LogP contribution < -0.4 is 5.32 Å². The molecule has 1 N–H and O–H groups in total. The minimum Gasteiger partial charge on any atom is -0.377 e. The van der Waals surface area contributed by atoms with E-state index in [4.69, 9.17) is 11.6 Å². The van der Waals surface area contributed by atoms with Gasteiger partial charge in [-0.3, -0.25) is 9.97 Å². The van der Waals surface area contributed by atoms with E-state index in [1.54, 1.807) is 12.4 Å². The first-order chi connectivity index (χ1) is 8.22. The second-order valence-electron chi connectivity index (χ2n) is 4.42. The topological polar surface area (TPSA) is 37.8 Å². The van der Waals surface area contributed by atoms with Crippen molar-refractivity contribution in [1.82, 2.24) is 9.97 Å². The second kappa shape index (κ2) is 4.10. The average molecular weight is 313 g/mol. The highest BCUT2D eigenvalue weighted by atomic mass is 79.9. The number of pyridine rings is 2. The molecule has 0 radical (unpaired) electrons. The zero-order valence-corrected chi connectivity index (χ0v) is 11.4. The first kappa shape index (κ1) is 11.2. The van der Waals surface area contributed by atoms with Crippen LogP contribution >= 0.6 is 27.5 Å². The van der Waals surface area contributed by atoms with Gasteiger partial charge in [0.25, 0.3) is 0 Å². The molecule has 1 aliphatic carbocycles. The Hall–Kier alpha value is -0.870. The van der Waals surface area contributed by atoms with Crippen molar-refractivity contribution in [3.8, 4) is 0 Å². The lowest BCUT2D eigenvalue weighted by Crippen LogP contribution is -2.23. The molecule has 1 fully saturated rings. The van der Waals surface area contributed by atoms with E-state index in [0.717, 1.165) is 34.0 Å². The van der Waals surface area contributed by atoms with Crippen LogP contribution in [0.2, 0.25) is 0 Å². The van der Waals surface area contributed by atoms with Gasteiger partial charge >= 0.3 is 0 Å². The summed E-state index contributed by atoms with van der Waals surface area (Å²) < 4.78 is 0.938. The standard InChI is InChI=1S/C12H11BrClN3/c13-8-5-10-11(16-6-8)9(1-4-15-10)17-12(7-14)2-3-12/h1,4-6H,2-3,7H2,(H,15,17). The molecule has 0 aliphatic heterocycles. The number of hydrogen-bond donors (Lipinski definition) is 1. The van der Waals surface area contributed by atoms with Gasteiger partial charge in [0.1, 0.15) is 5.52 Å². The Labute approximate surface area is 113 Å². The number of fused-ring (bicyclic) bond motifs is 1. The van der Waals surface area contributed by atoms with Gasteiger partial charge in [-0.25, -0.2) is 0 Å². The van der Waals surface area contributed by atoms with Crippen LogP contribution in [0.15, 0.2) is 29.0 Å². The van der Waals surface area contributed by atoms with Crippen molar-refractivity contribution in [2.75, 3.05) is 11.2 Å². The number of aromatic nitrogens is 2. The quantitative estimate of drug-likeness (QED) is 0.880. The van der Waals surface area contributed by atoms with Crippen molar-refractivity contribution in [2.24, 2.45) is 0 Å². The number of hydrogen-bond acceptors (Lipinski definition) is 3. The van der Waals surface area contributed by atoms with E-state index in [-0.39, 0.29) is 5.54 Å². The molecule has 3 nitrogen and oxygen atoms in total. The van der Waals surface area contributed by atoms with Crippen LogP contribution in [0.5, 0.6) is 0 Å². The maximum Gasteiger partial charge on any atom is 0.112 e. The molecule has 88 valence electrons. The number of anilines is 1. The van der Waals surface area contributed by atoms with Gasteiger partial charge in [0, 0.05) is 22.7 Å². The van der Waals surface area contributed by atoms with E-state index in [1.165, 1.54) is 0 Å². The molecule has 0 bridgehead atoms. The summed E-state index contributed by atoms with van der Waals surface area (Å²) in [5.74, 6) is 0.632. The number of nitrogens with one attached hydrogen (secondary N) is 1. The van der Waals surface area contributed by atoms with E-state index in [2.05, 4.69) is 31.2 Å². The van der Waals surface area contributed by atoms with Crippen molar-refractivity contribution in [2.45, 2.75) is 18.4 Å². The van der Waals surface area contributed by atoms with E-state index < -0.39 is 0 Å². The van der Waals surface area contributed by atoms with Gasteiger partial charge in [-0.1, -0.05) is 0 Å². The molecule has 0 atom stereocenters. The van der Waals surface area contributed by atoms with Crippen molar-refractivity contribution in [1.29, 1.82) is 0 Å². The fourth-order valence-corrected chi connectivity index (χ4v) is 2.49. The van der Waals surface area contributed by atoms with Gasteiger partial charge in [-0.15, -0.1) is 11.6 Å². The number of nitrogens with zero attached hydrogens (tertiary/aromatic N) is 2. The van der Waals surface area contributed by atoms with Crippen LogP contribution in [0.3, 0.4) is 0 Å². The summed E-state index contributed by atoms with van der Waals surface area (Å²) in [7, 11) is 0. The summed E-state index contributed by atoms with van der Waals surface area (Å²) >= 11 is 9.38. The Morgan fingerprint density at radius 3 is 2.94 bits per heavy atom. The molecule has 0 amide bonds. The van der Waals surface area contributed by atoms with Crippen molar-refractivity contribution in [3.63, 3.8) is 0 Å². The average Bonchev–Trinajstić information content (AvgIpc) is 3.09. The molecular formula is C12H11BrClN3. The van der Waals surface area contributed by atoms with Gasteiger partial charge in [-0.2, -0.15) is 0 Å². The lowest BCUT2D eigenvalue weighted by atomic mass is 10.2. The Bertz CT molecular complexity index is 569. The Balaban J connectivity index is 2.04. The molecule has 5 heteroatoms. The Morgan fingerprint density at radius 2 is 2.24 bits per heavy atom. The summed E-state index contributed by atoms with van der Waals surface area (Å²) in [6.07, 6.45) is 5.83. The van der Waals surface area contributed by atoms with Crippen molar-refractivity contribution < 1.29 is 0 Å². The van der Waals surface area contributed by atoms with Crippen molar-refractivity contribution >= 4 is 44.3 Å². The smallest absolute Gasteiger partial charge is 0.112 e. The fraction of sp³-hybridized carbons (Fsp3) is 0.333. The fourth-order valence-electron chi connectivity index (χ4n) is 1.84. The lowest BCUT2D eigenvalue weighted by molar-refractivity contribution is 0.839. The molecule has 2 heterocycles. The molecular weight excluding hydrogens is 302 g/mol. The number of alkyl halides is 1. The first-order valence-corrected chi connectivity index (χ1v) is 6.80. The van der Waals surface area contributed by atoms with Gasteiger partial charge < -0.3 is 5.32 Å². The molecule has 1 saturated carbocycles. The number of rotatable bonds is 3. The summed E-state index contributed by atoms with van der Waals surface area (Å²) in [5.41, 5.74) is 2.87. The second-order valence-corrected chi connectivity index (χ2v) is 5.60. The molecule has 0 unspecified atom stereocenters. The summed E-state index contributed by atoms with van der Waals surface area (Å²) in [5, 5.41) is 3.49. The predicted octanol–water partition coefficient (Wildman–Crippen LogP) is 3.58. The molecule has 2 aromatic heterocycles.